The highest BCUT2D eigenvalue weighted by Crippen LogP contribution is 2.26. The first kappa shape index (κ1) is 12.9. The number of rotatable bonds is 3. The van der Waals surface area contributed by atoms with Gasteiger partial charge in [0.25, 0.3) is 5.78 Å². The summed E-state index contributed by atoms with van der Waals surface area (Å²) in [5.41, 5.74) is -0.579. The van der Waals surface area contributed by atoms with E-state index in [0.29, 0.717) is 12.1 Å². The second-order valence-electron chi connectivity index (χ2n) is 2.83. The van der Waals surface area contributed by atoms with Gasteiger partial charge in [-0.15, -0.1) is 13.2 Å². The van der Waals surface area contributed by atoms with Gasteiger partial charge >= 0.3 is 12.3 Å². The highest BCUT2D eigenvalue weighted by molar-refractivity contribution is 6.39. The summed E-state index contributed by atoms with van der Waals surface area (Å²) in [4.78, 5) is 21.1. The Morgan fingerprint density at radius 1 is 1.24 bits per heavy atom. The maximum absolute atomic E-state index is 13.0. The lowest BCUT2D eigenvalue weighted by molar-refractivity contribution is -0.275. The van der Waals surface area contributed by atoms with Crippen molar-refractivity contribution in [1.82, 2.24) is 0 Å². The van der Waals surface area contributed by atoms with Crippen molar-refractivity contribution >= 4 is 11.8 Å². The van der Waals surface area contributed by atoms with Crippen molar-refractivity contribution in [2.45, 2.75) is 6.36 Å². The molecule has 0 aromatic heterocycles. The fourth-order valence-corrected chi connectivity index (χ4v) is 0.973. The van der Waals surface area contributed by atoms with Crippen molar-refractivity contribution in [2.75, 3.05) is 0 Å². The summed E-state index contributed by atoms with van der Waals surface area (Å²) in [6.45, 7) is 0. The molecule has 0 spiro atoms. The quantitative estimate of drug-likeness (QED) is 0.507. The van der Waals surface area contributed by atoms with E-state index in [1.54, 1.807) is 0 Å². The molecule has 0 saturated carbocycles. The van der Waals surface area contributed by atoms with Crippen molar-refractivity contribution < 1.29 is 37.0 Å². The number of hydrogen-bond acceptors (Lipinski definition) is 3. The van der Waals surface area contributed by atoms with Gasteiger partial charge in [0, 0.05) is 5.56 Å². The van der Waals surface area contributed by atoms with E-state index in [0.717, 1.165) is 6.07 Å². The highest BCUT2D eigenvalue weighted by Gasteiger charge is 2.32. The van der Waals surface area contributed by atoms with E-state index in [4.69, 9.17) is 5.11 Å². The van der Waals surface area contributed by atoms with Crippen LogP contribution in [0.2, 0.25) is 0 Å². The minimum Gasteiger partial charge on any atom is -0.475 e. The summed E-state index contributed by atoms with van der Waals surface area (Å²) >= 11 is 0. The molecule has 0 radical (unpaired) electrons. The molecule has 0 bridgehead atoms. The van der Waals surface area contributed by atoms with Gasteiger partial charge in [-0.05, 0) is 18.2 Å². The molecule has 0 atom stereocenters. The standard InChI is InChI=1S/C9H4F4O4/c10-5-3-4(7(14)8(15)16)1-2-6(5)17-9(11,12)13/h1-3H,(H,15,16). The van der Waals surface area contributed by atoms with E-state index in [1.807, 2.05) is 0 Å². The summed E-state index contributed by atoms with van der Waals surface area (Å²) in [7, 11) is 0. The number of ketones is 1. The lowest BCUT2D eigenvalue weighted by atomic mass is 10.1. The van der Waals surface area contributed by atoms with Crippen molar-refractivity contribution in [3.63, 3.8) is 0 Å². The van der Waals surface area contributed by atoms with E-state index in [1.165, 1.54) is 0 Å². The van der Waals surface area contributed by atoms with Crippen LogP contribution in [-0.2, 0) is 4.79 Å². The number of alkyl halides is 3. The van der Waals surface area contributed by atoms with Crippen LogP contribution in [0.3, 0.4) is 0 Å². The molecule has 8 heteroatoms. The average Bonchev–Trinajstić information content (AvgIpc) is 2.18. The Morgan fingerprint density at radius 2 is 1.82 bits per heavy atom. The molecule has 0 saturated heterocycles. The molecular weight excluding hydrogens is 248 g/mol. The summed E-state index contributed by atoms with van der Waals surface area (Å²) in [5.74, 6) is -5.88. The van der Waals surface area contributed by atoms with Crippen LogP contribution in [0.1, 0.15) is 10.4 Å². The lowest BCUT2D eigenvalue weighted by Crippen LogP contribution is -2.18. The number of carboxylic acids is 1. The highest BCUT2D eigenvalue weighted by atomic mass is 19.4. The number of halogens is 4. The van der Waals surface area contributed by atoms with Gasteiger partial charge in [-0.3, -0.25) is 4.79 Å². The van der Waals surface area contributed by atoms with Crippen LogP contribution >= 0.6 is 0 Å². The van der Waals surface area contributed by atoms with E-state index in [-0.39, 0.29) is 0 Å². The minimum absolute atomic E-state index is 0.359. The molecule has 0 aliphatic rings. The fourth-order valence-electron chi connectivity index (χ4n) is 0.973. The zero-order valence-electron chi connectivity index (χ0n) is 7.92. The molecular formula is C9H4F4O4. The molecule has 17 heavy (non-hydrogen) atoms. The molecule has 4 nitrogen and oxygen atoms in total. The fraction of sp³-hybridized carbons (Fsp3) is 0.111. The van der Waals surface area contributed by atoms with Crippen molar-refractivity contribution in [2.24, 2.45) is 0 Å². The zero-order chi connectivity index (χ0) is 13.2. The third kappa shape index (κ3) is 3.44. The smallest absolute Gasteiger partial charge is 0.475 e. The molecule has 0 fully saturated rings. The Hall–Kier alpha value is -2.12. The number of hydrogen-bond donors (Lipinski definition) is 1. The lowest BCUT2D eigenvalue weighted by Gasteiger charge is -2.09. The summed E-state index contributed by atoms with van der Waals surface area (Å²) in [5, 5.41) is 8.30. The van der Waals surface area contributed by atoms with Gasteiger partial charge < -0.3 is 9.84 Å². The first-order valence-electron chi connectivity index (χ1n) is 4.03. The molecule has 0 aliphatic carbocycles. The molecule has 92 valence electrons. The Morgan fingerprint density at radius 3 is 2.24 bits per heavy atom. The minimum atomic E-state index is -5.07. The molecule has 1 N–H and O–H groups in total. The Labute approximate surface area is 91.4 Å². The molecule has 0 amide bonds. The van der Waals surface area contributed by atoms with Crippen LogP contribution in [0.5, 0.6) is 5.75 Å². The van der Waals surface area contributed by atoms with Gasteiger partial charge in [0.1, 0.15) is 0 Å². The van der Waals surface area contributed by atoms with Gasteiger partial charge in [-0.2, -0.15) is 0 Å². The molecule has 1 aromatic carbocycles. The van der Waals surface area contributed by atoms with Gasteiger partial charge in [-0.1, -0.05) is 0 Å². The monoisotopic (exact) mass is 252 g/mol. The maximum Gasteiger partial charge on any atom is 0.573 e. The van der Waals surface area contributed by atoms with Crippen molar-refractivity contribution in [1.29, 1.82) is 0 Å². The number of benzene rings is 1. The van der Waals surface area contributed by atoms with Crippen molar-refractivity contribution in [3.8, 4) is 5.75 Å². The van der Waals surface area contributed by atoms with Gasteiger partial charge in [-0.25, -0.2) is 9.18 Å². The number of carbonyl (C=O) groups excluding carboxylic acids is 1. The molecule has 0 aliphatic heterocycles. The number of carbonyl (C=O) groups is 2. The zero-order valence-corrected chi connectivity index (χ0v) is 7.92. The van der Waals surface area contributed by atoms with Crippen LogP contribution < -0.4 is 4.74 Å². The van der Waals surface area contributed by atoms with Crippen LogP contribution in [0.25, 0.3) is 0 Å². The van der Waals surface area contributed by atoms with E-state index in [2.05, 4.69) is 4.74 Å². The summed E-state index contributed by atoms with van der Waals surface area (Å²) in [6.07, 6.45) is -5.07. The molecule has 1 rings (SSSR count). The van der Waals surface area contributed by atoms with Gasteiger partial charge in [0.05, 0.1) is 0 Å². The van der Waals surface area contributed by atoms with E-state index in [9.17, 15) is 27.2 Å². The average molecular weight is 252 g/mol. The Bertz CT molecular complexity index is 467. The second-order valence-corrected chi connectivity index (χ2v) is 2.83. The molecule has 1 aromatic rings. The van der Waals surface area contributed by atoms with Gasteiger partial charge in [0.2, 0.25) is 0 Å². The first-order chi connectivity index (χ1) is 7.70. The van der Waals surface area contributed by atoms with Crippen molar-refractivity contribution in [3.05, 3.63) is 29.6 Å². The number of Topliss-reactive ketones (excluding diaryl/α,β-unsaturated/α-hetero) is 1. The summed E-state index contributed by atoms with van der Waals surface area (Å²) in [6, 6.07) is 1.61. The number of ether oxygens (including phenoxy) is 1. The number of aliphatic carboxylic acids is 1. The van der Waals surface area contributed by atoms with Crippen LogP contribution in [-0.4, -0.2) is 23.2 Å². The van der Waals surface area contributed by atoms with Crippen LogP contribution in [0.4, 0.5) is 17.6 Å². The van der Waals surface area contributed by atoms with Crippen LogP contribution in [0.15, 0.2) is 18.2 Å². The predicted molar refractivity (Wildman–Crippen MR) is 45.0 cm³/mol. The Kier molecular flexibility index (Phi) is 3.35. The SMILES string of the molecule is O=C(O)C(=O)c1ccc(OC(F)(F)F)c(F)c1. The van der Waals surface area contributed by atoms with E-state index >= 15 is 0 Å². The third-order valence-corrected chi connectivity index (χ3v) is 1.61. The van der Waals surface area contributed by atoms with Gasteiger partial charge in [0.15, 0.2) is 11.6 Å². The topological polar surface area (TPSA) is 63.6 Å². The summed E-state index contributed by atoms with van der Waals surface area (Å²) < 4.78 is 51.6. The second kappa shape index (κ2) is 4.40. The third-order valence-electron chi connectivity index (χ3n) is 1.61. The maximum atomic E-state index is 13.0. The number of carboxylic acid groups (broad SMARTS) is 1. The largest absolute Gasteiger partial charge is 0.573 e. The van der Waals surface area contributed by atoms with E-state index < -0.39 is 35.2 Å². The molecule has 0 unspecified atom stereocenters. The molecule has 0 heterocycles. The normalized spacial score (nSPS) is 11.1. The Balaban J connectivity index is 3.02. The van der Waals surface area contributed by atoms with Crippen LogP contribution in [0, 0.1) is 5.82 Å². The predicted octanol–water partition coefficient (Wildman–Crippen LogP) is 1.99. The first-order valence-corrected chi connectivity index (χ1v) is 4.03.